The molecule has 2 rings (SSSR count). The summed E-state index contributed by atoms with van der Waals surface area (Å²) in [5.74, 6) is 1.00. The van der Waals surface area contributed by atoms with E-state index in [-0.39, 0.29) is 0 Å². The van der Waals surface area contributed by atoms with Crippen LogP contribution in [0.5, 0.6) is 0 Å². The molecule has 0 unspecified atom stereocenters. The number of alkyl halides is 1. The summed E-state index contributed by atoms with van der Waals surface area (Å²) in [4.78, 5) is 2.96. The number of piperidine rings is 1. The van der Waals surface area contributed by atoms with E-state index in [4.69, 9.17) is 0 Å². The topological polar surface area (TPSA) is 29.0 Å². The molecule has 0 aromatic carbocycles. The van der Waals surface area contributed by atoms with Gasteiger partial charge in [-0.25, -0.2) is 0 Å². The molecule has 0 bridgehead atoms. The van der Waals surface area contributed by atoms with E-state index >= 15 is 0 Å². The Morgan fingerprint density at radius 2 is 2.15 bits per heavy atom. The van der Waals surface area contributed by atoms with Crippen molar-refractivity contribution in [3.63, 3.8) is 0 Å². The van der Waals surface area contributed by atoms with Gasteiger partial charge in [0.15, 0.2) is 5.82 Å². The Kier molecular flexibility index (Phi) is 2.78. The molecule has 0 saturated carbocycles. The van der Waals surface area contributed by atoms with E-state index in [2.05, 4.69) is 31.0 Å². The average Bonchev–Trinajstić information content (AvgIpc) is 2.20. The molecule has 4 heteroatoms. The van der Waals surface area contributed by atoms with Gasteiger partial charge in [-0.05, 0) is 25.0 Å². The van der Waals surface area contributed by atoms with E-state index < -0.39 is 0 Å². The van der Waals surface area contributed by atoms with Crippen LogP contribution in [0.1, 0.15) is 12.8 Å². The second-order valence-corrected chi connectivity index (χ2v) is 4.54. The van der Waals surface area contributed by atoms with Gasteiger partial charge in [0, 0.05) is 24.1 Å². The molecule has 1 aliphatic heterocycles. The van der Waals surface area contributed by atoms with Gasteiger partial charge in [0.1, 0.15) is 0 Å². The third-order valence-electron chi connectivity index (χ3n) is 2.31. The normalized spacial score (nSPS) is 19.0. The molecule has 3 nitrogen and oxygen atoms in total. The first-order valence-electron chi connectivity index (χ1n) is 4.53. The van der Waals surface area contributed by atoms with E-state index in [1.807, 2.05) is 12.1 Å². The molecule has 0 atom stereocenters. The van der Waals surface area contributed by atoms with Crippen LogP contribution in [0.4, 0.5) is 5.82 Å². The van der Waals surface area contributed by atoms with Crippen LogP contribution >= 0.6 is 15.9 Å². The van der Waals surface area contributed by atoms with Gasteiger partial charge >= 0.3 is 0 Å². The van der Waals surface area contributed by atoms with Crippen molar-refractivity contribution in [1.82, 2.24) is 10.2 Å². The molecule has 0 spiro atoms. The van der Waals surface area contributed by atoms with Crippen LogP contribution in [0.15, 0.2) is 18.3 Å². The zero-order valence-corrected chi connectivity index (χ0v) is 8.94. The highest BCUT2D eigenvalue weighted by Crippen LogP contribution is 2.20. The van der Waals surface area contributed by atoms with Gasteiger partial charge in [0.05, 0.1) is 0 Å². The molecule has 0 radical (unpaired) electrons. The fourth-order valence-electron chi connectivity index (χ4n) is 1.54. The van der Waals surface area contributed by atoms with Gasteiger partial charge in [-0.15, -0.1) is 5.10 Å². The molecule has 1 aliphatic rings. The second-order valence-electron chi connectivity index (χ2n) is 3.24. The summed E-state index contributed by atoms with van der Waals surface area (Å²) < 4.78 is 0. The van der Waals surface area contributed by atoms with Crippen molar-refractivity contribution in [2.24, 2.45) is 0 Å². The van der Waals surface area contributed by atoms with Crippen LogP contribution in [0, 0.1) is 0 Å². The van der Waals surface area contributed by atoms with E-state index in [0.717, 1.165) is 18.9 Å². The highest BCUT2D eigenvalue weighted by molar-refractivity contribution is 9.09. The van der Waals surface area contributed by atoms with Gasteiger partial charge in [-0.3, -0.25) is 0 Å². The monoisotopic (exact) mass is 241 g/mol. The number of rotatable bonds is 1. The molecule has 0 aliphatic carbocycles. The number of halogens is 1. The quantitative estimate of drug-likeness (QED) is 0.703. The van der Waals surface area contributed by atoms with E-state index in [1.54, 1.807) is 6.20 Å². The minimum Gasteiger partial charge on any atom is -0.355 e. The predicted octanol–water partition coefficient (Wildman–Crippen LogP) is 1.84. The number of hydrogen-bond acceptors (Lipinski definition) is 3. The molecule has 0 N–H and O–H groups in total. The molecule has 70 valence electrons. The van der Waals surface area contributed by atoms with Crippen LogP contribution in [0.2, 0.25) is 0 Å². The van der Waals surface area contributed by atoms with Gasteiger partial charge in [0.2, 0.25) is 0 Å². The molecule has 0 amide bonds. The summed E-state index contributed by atoms with van der Waals surface area (Å²) in [7, 11) is 0. The Balaban J connectivity index is 2.03. The van der Waals surface area contributed by atoms with Crippen molar-refractivity contribution in [3.8, 4) is 0 Å². The fourth-order valence-corrected chi connectivity index (χ4v) is 1.95. The highest BCUT2D eigenvalue weighted by Gasteiger charge is 2.17. The highest BCUT2D eigenvalue weighted by atomic mass is 79.9. The summed E-state index contributed by atoms with van der Waals surface area (Å²) in [6, 6.07) is 3.95. The largest absolute Gasteiger partial charge is 0.355 e. The Labute approximate surface area is 86.3 Å². The standard InChI is InChI=1S/C9H12BrN3/c10-8-3-6-13(7-4-8)9-2-1-5-11-12-9/h1-2,5,8H,3-4,6-7H2. The third kappa shape index (κ3) is 2.18. The molecule has 13 heavy (non-hydrogen) atoms. The SMILES string of the molecule is BrC1CCN(c2cccnn2)CC1. The lowest BCUT2D eigenvalue weighted by molar-refractivity contribution is 0.590. The molecular weight excluding hydrogens is 230 g/mol. The van der Waals surface area contributed by atoms with Crippen LogP contribution in [-0.2, 0) is 0 Å². The molecular formula is C9H12BrN3. The summed E-state index contributed by atoms with van der Waals surface area (Å²) >= 11 is 3.63. The molecule has 1 aromatic heterocycles. The van der Waals surface area contributed by atoms with Crippen LogP contribution in [0.25, 0.3) is 0 Å². The van der Waals surface area contributed by atoms with Crippen LogP contribution < -0.4 is 4.90 Å². The van der Waals surface area contributed by atoms with Crippen molar-refractivity contribution >= 4 is 21.7 Å². The Bertz CT molecular complexity index is 257. The maximum atomic E-state index is 4.09. The Morgan fingerprint density at radius 3 is 2.77 bits per heavy atom. The van der Waals surface area contributed by atoms with Gasteiger partial charge < -0.3 is 4.90 Å². The summed E-state index contributed by atoms with van der Waals surface area (Å²) in [6.07, 6.45) is 4.09. The lowest BCUT2D eigenvalue weighted by Crippen LogP contribution is -2.34. The summed E-state index contributed by atoms with van der Waals surface area (Å²) in [6.45, 7) is 2.16. The van der Waals surface area contributed by atoms with Crippen molar-refractivity contribution in [2.45, 2.75) is 17.7 Å². The third-order valence-corrected chi connectivity index (χ3v) is 3.22. The average molecular weight is 242 g/mol. The van der Waals surface area contributed by atoms with Crippen LogP contribution in [-0.4, -0.2) is 28.1 Å². The summed E-state index contributed by atoms with van der Waals surface area (Å²) in [5.41, 5.74) is 0. The molecule has 1 aromatic rings. The fraction of sp³-hybridized carbons (Fsp3) is 0.556. The molecule has 1 fully saturated rings. The minimum absolute atomic E-state index is 0.681. The predicted molar refractivity (Wildman–Crippen MR) is 56.2 cm³/mol. The zero-order chi connectivity index (χ0) is 9.10. The second kappa shape index (κ2) is 4.05. The first kappa shape index (κ1) is 8.94. The van der Waals surface area contributed by atoms with Gasteiger partial charge in [-0.1, -0.05) is 15.9 Å². The van der Waals surface area contributed by atoms with E-state index in [1.165, 1.54) is 12.8 Å². The maximum absolute atomic E-state index is 4.09. The Morgan fingerprint density at radius 1 is 1.38 bits per heavy atom. The van der Waals surface area contributed by atoms with E-state index in [9.17, 15) is 0 Å². The minimum atomic E-state index is 0.681. The van der Waals surface area contributed by atoms with Crippen LogP contribution in [0.3, 0.4) is 0 Å². The van der Waals surface area contributed by atoms with Gasteiger partial charge in [0.25, 0.3) is 0 Å². The number of anilines is 1. The smallest absolute Gasteiger partial charge is 0.151 e. The first-order valence-corrected chi connectivity index (χ1v) is 5.44. The lowest BCUT2D eigenvalue weighted by Gasteiger charge is -2.29. The Hall–Kier alpha value is -0.640. The summed E-state index contributed by atoms with van der Waals surface area (Å²) in [5, 5.41) is 7.96. The number of hydrogen-bond donors (Lipinski definition) is 0. The molecule has 1 saturated heterocycles. The first-order chi connectivity index (χ1) is 6.36. The van der Waals surface area contributed by atoms with Crippen molar-refractivity contribution in [3.05, 3.63) is 18.3 Å². The van der Waals surface area contributed by atoms with Gasteiger partial charge in [-0.2, -0.15) is 5.10 Å². The maximum Gasteiger partial charge on any atom is 0.151 e. The number of aromatic nitrogens is 2. The molecule has 2 heterocycles. The van der Waals surface area contributed by atoms with Crippen molar-refractivity contribution in [2.75, 3.05) is 18.0 Å². The number of nitrogens with zero attached hydrogens (tertiary/aromatic N) is 3. The van der Waals surface area contributed by atoms with Crippen molar-refractivity contribution < 1.29 is 0 Å². The van der Waals surface area contributed by atoms with Crippen molar-refractivity contribution in [1.29, 1.82) is 0 Å². The van der Waals surface area contributed by atoms with E-state index in [0.29, 0.717) is 4.83 Å². The zero-order valence-electron chi connectivity index (χ0n) is 7.36. The lowest BCUT2D eigenvalue weighted by atomic mass is 10.1.